The lowest BCUT2D eigenvalue weighted by Gasteiger charge is -2.29. The van der Waals surface area contributed by atoms with E-state index in [9.17, 15) is 9.59 Å². The van der Waals surface area contributed by atoms with Crippen LogP contribution >= 0.6 is 0 Å². The molecule has 0 aromatic heterocycles. The number of hydrogen-bond acceptors (Lipinski definition) is 2. The Labute approximate surface area is 108 Å². The van der Waals surface area contributed by atoms with Crippen LogP contribution in [-0.2, 0) is 4.79 Å². The number of nitrogens with zero attached hydrogens (tertiary/aromatic N) is 1. The lowest BCUT2D eigenvalue weighted by atomic mass is 10.1. The van der Waals surface area contributed by atoms with Crippen molar-refractivity contribution in [2.45, 2.75) is 64.1 Å². The lowest BCUT2D eigenvalue weighted by molar-refractivity contribution is -0.139. The summed E-state index contributed by atoms with van der Waals surface area (Å²) in [5.74, 6) is -0.782. The third-order valence-electron chi connectivity index (χ3n) is 4.13. The fourth-order valence-electron chi connectivity index (χ4n) is 2.86. The van der Waals surface area contributed by atoms with Gasteiger partial charge in [0, 0.05) is 12.1 Å². The minimum atomic E-state index is -0.911. The maximum atomic E-state index is 12.2. The SMILES string of the molecule is CCC1CCC(C)N1C(=O)NC(C(=O)O)C1CC1. The van der Waals surface area contributed by atoms with Gasteiger partial charge >= 0.3 is 12.0 Å². The van der Waals surface area contributed by atoms with Gasteiger partial charge < -0.3 is 15.3 Å². The Bertz CT molecular complexity index is 341. The maximum Gasteiger partial charge on any atom is 0.326 e. The van der Waals surface area contributed by atoms with Crippen LogP contribution in [0.5, 0.6) is 0 Å². The summed E-state index contributed by atoms with van der Waals surface area (Å²) >= 11 is 0. The van der Waals surface area contributed by atoms with E-state index in [0.29, 0.717) is 0 Å². The minimum Gasteiger partial charge on any atom is -0.480 e. The topological polar surface area (TPSA) is 69.6 Å². The van der Waals surface area contributed by atoms with Gasteiger partial charge in [0.25, 0.3) is 0 Å². The molecule has 18 heavy (non-hydrogen) atoms. The van der Waals surface area contributed by atoms with Crippen molar-refractivity contribution in [1.29, 1.82) is 0 Å². The van der Waals surface area contributed by atoms with Crippen LogP contribution in [0.4, 0.5) is 4.79 Å². The van der Waals surface area contributed by atoms with Crippen LogP contribution in [0.25, 0.3) is 0 Å². The second-order valence-corrected chi connectivity index (χ2v) is 5.50. The van der Waals surface area contributed by atoms with Crippen LogP contribution < -0.4 is 5.32 Å². The normalized spacial score (nSPS) is 29.1. The first-order chi connectivity index (χ1) is 8.54. The summed E-state index contributed by atoms with van der Waals surface area (Å²) in [5, 5.41) is 11.8. The van der Waals surface area contributed by atoms with Crippen LogP contribution in [0.1, 0.15) is 46.0 Å². The summed E-state index contributed by atoms with van der Waals surface area (Å²) < 4.78 is 0. The summed E-state index contributed by atoms with van der Waals surface area (Å²) in [6.07, 6.45) is 4.77. The van der Waals surface area contributed by atoms with Gasteiger partial charge in [0.1, 0.15) is 6.04 Å². The van der Waals surface area contributed by atoms with Gasteiger partial charge in [0.05, 0.1) is 0 Å². The average Bonchev–Trinajstić information content (AvgIpc) is 3.08. The molecule has 2 N–H and O–H groups in total. The van der Waals surface area contributed by atoms with Crippen LogP contribution in [0.2, 0.25) is 0 Å². The fourth-order valence-corrected chi connectivity index (χ4v) is 2.86. The highest BCUT2D eigenvalue weighted by molar-refractivity contribution is 5.83. The molecular weight excluding hydrogens is 232 g/mol. The van der Waals surface area contributed by atoms with Crippen LogP contribution in [0, 0.1) is 5.92 Å². The van der Waals surface area contributed by atoms with Crippen molar-refractivity contribution in [3.05, 3.63) is 0 Å². The zero-order valence-electron chi connectivity index (χ0n) is 11.1. The smallest absolute Gasteiger partial charge is 0.326 e. The molecule has 3 atom stereocenters. The van der Waals surface area contributed by atoms with Gasteiger partial charge in [-0.15, -0.1) is 0 Å². The molecule has 2 fully saturated rings. The second-order valence-electron chi connectivity index (χ2n) is 5.50. The van der Waals surface area contributed by atoms with Crippen molar-refractivity contribution in [2.75, 3.05) is 0 Å². The van der Waals surface area contributed by atoms with Crippen molar-refractivity contribution >= 4 is 12.0 Å². The quantitative estimate of drug-likeness (QED) is 0.804. The molecule has 0 aromatic rings. The standard InChI is InChI=1S/C13H22N2O3/c1-3-10-7-4-8(2)15(10)13(18)14-11(12(16)17)9-5-6-9/h8-11H,3-7H2,1-2H3,(H,14,18)(H,16,17). The highest BCUT2D eigenvalue weighted by atomic mass is 16.4. The summed E-state index contributed by atoms with van der Waals surface area (Å²) in [4.78, 5) is 25.2. The number of aliphatic carboxylic acids is 1. The lowest BCUT2D eigenvalue weighted by Crippen LogP contribution is -2.52. The average molecular weight is 254 g/mol. The van der Waals surface area contributed by atoms with E-state index >= 15 is 0 Å². The monoisotopic (exact) mass is 254 g/mol. The molecule has 0 aromatic carbocycles. The summed E-state index contributed by atoms with van der Waals surface area (Å²) in [6, 6.07) is -0.439. The maximum absolute atomic E-state index is 12.2. The number of carboxylic acids is 1. The van der Waals surface area contributed by atoms with E-state index in [1.807, 2.05) is 11.8 Å². The number of likely N-dealkylation sites (tertiary alicyclic amines) is 1. The molecule has 1 aliphatic carbocycles. The van der Waals surface area contributed by atoms with Crippen LogP contribution in [-0.4, -0.2) is 40.1 Å². The van der Waals surface area contributed by atoms with E-state index in [-0.39, 0.29) is 24.0 Å². The highest BCUT2D eigenvalue weighted by Gasteiger charge is 2.40. The molecule has 2 aliphatic rings. The predicted molar refractivity (Wildman–Crippen MR) is 67.3 cm³/mol. The number of amides is 2. The molecule has 0 spiro atoms. The number of carboxylic acid groups (broad SMARTS) is 1. The van der Waals surface area contributed by atoms with Crippen LogP contribution in [0.3, 0.4) is 0 Å². The molecule has 2 amide bonds. The summed E-state index contributed by atoms with van der Waals surface area (Å²) in [5.41, 5.74) is 0. The van der Waals surface area contributed by atoms with Crippen molar-refractivity contribution in [2.24, 2.45) is 5.92 Å². The first-order valence-corrected chi connectivity index (χ1v) is 6.86. The van der Waals surface area contributed by atoms with Gasteiger partial charge in [-0.05, 0) is 44.9 Å². The largest absolute Gasteiger partial charge is 0.480 e. The molecular formula is C13H22N2O3. The highest BCUT2D eigenvalue weighted by Crippen LogP contribution is 2.33. The van der Waals surface area contributed by atoms with E-state index in [1.165, 1.54) is 0 Å². The molecule has 1 saturated heterocycles. The molecule has 0 bridgehead atoms. The molecule has 5 heteroatoms. The number of hydrogen-bond donors (Lipinski definition) is 2. The molecule has 1 heterocycles. The Morgan fingerprint density at radius 3 is 2.50 bits per heavy atom. The van der Waals surface area contributed by atoms with E-state index in [1.54, 1.807) is 0 Å². The first kappa shape index (κ1) is 13.2. The van der Waals surface area contributed by atoms with E-state index in [2.05, 4.69) is 12.2 Å². The van der Waals surface area contributed by atoms with Crippen molar-refractivity contribution < 1.29 is 14.7 Å². The number of urea groups is 1. The Kier molecular flexibility index (Phi) is 3.78. The first-order valence-electron chi connectivity index (χ1n) is 6.86. The fraction of sp³-hybridized carbons (Fsp3) is 0.846. The number of carbonyl (C=O) groups excluding carboxylic acids is 1. The second kappa shape index (κ2) is 5.16. The molecule has 102 valence electrons. The third-order valence-corrected chi connectivity index (χ3v) is 4.13. The third kappa shape index (κ3) is 2.60. The Morgan fingerprint density at radius 1 is 1.33 bits per heavy atom. The van der Waals surface area contributed by atoms with Crippen molar-refractivity contribution in [3.8, 4) is 0 Å². The number of rotatable bonds is 4. The molecule has 0 radical (unpaired) electrons. The van der Waals surface area contributed by atoms with Crippen molar-refractivity contribution in [1.82, 2.24) is 10.2 Å². The Hall–Kier alpha value is -1.26. The van der Waals surface area contributed by atoms with Gasteiger partial charge in [0.15, 0.2) is 0 Å². The van der Waals surface area contributed by atoms with E-state index in [0.717, 1.165) is 32.1 Å². The van der Waals surface area contributed by atoms with Gasteiger partial charge in [-0.25, -0.2) is 9.59 Å². The van der Waals surface area contributed by atoms with Gasteiger partial charge in [0.2, 0.25) is 0 Å². The summed E-state index contributed by atoms with van der Waals surface area (Å²) in [7, 11) is 0. The van der Waals surface area contributed by atoms with E-state index < -0.39 is 12.0 Å². The summed E-state index contributed by atoms with van der Waals surface area (Å²) in [6.45, 7) is 4.10. The Balaban J connectivity index is 1.99. The zero-order valence-corrected chi connectivity index (χ0v) is 11.1. The molecule has 1 saturated carbocycles. The Morgan fingerprint density at radius 2 is 2.00 bits per heavy atom. The predicted octanol–water partition coefficient (Wildman–Crippen LogP) is 1.82. The van der Waals surface area contributed by atoms with Gasteiger partial charge in [-0.1, -0.05) is 6.92 Å². The minimum absolute atomic E-state index is 0.129. The molecule has 2 rings (SSSR count). The number of nitrogens with one attached hydrogen (secondary N) is 1. The van der Waals surface area contributed by atoms with Crippen LogP contribution in [0.15, 0.2) is 0 Å². The van der Waals surface area contributed by atoms with Crippen molar-refractivity contribution in [3.63, 3.8) is 0 Å². The molecule has 5 nitrogen and oxygen atoms in total. The molecule has 3 unspecified atom stereocenters. The van der Waals surface area contributed by atoms with Gasteiger partial charge in [-0.3, -0.25) is 0 Å². The number of carbonyl (C=O) groups is 2. The van der Waals surface area contributed by atoms with E-state index in [4.69, 9.17) is 5.11 Å². The zero-order chi connectivity index (χ0) is 13.3. The van der Waals surface area contributed by atoms with Gasteiger partial charge in [-0.2, -0.15) is 0 Å². The molecule has 1 aliphatic heterocycles.